The van der Waals surface area contributed by atoms with E-state index in [9.17, 15) is 9.59 Å². The molecule has 0 fully saturated rings. The maximum Gasteiger partial charge on any atom is 0.240 e. The van der Waals surface area contributed by atoms with Crippen molar-refractivity contribution in [2.24, 2.45) is 0 Å². The number of para-hydroxylation sites is 1. The van der Waals surface area contributed by atoms with Crippen LogP contribution in [0, 0.1) is 0 Å². The number of hydrogen-bond acceptors (Lipinski definition) is 4. The zero-order valence-corrected chi connectivity index (χ0v) is 15.2. The molecule has 130 valence electrons. The fourth-order valence-corrected chi connectivity index (χ4v) is 3.46. The van der Waals surface area contributed by atoms with Gasteiger partial charge < -0.3 is 10.6 Å². The second kappa shape index (κ2) is 9.48. The van der Waals surface area contributed by atoms with E-state index in [1.54, 1.807) is 0 Å². The summed E-state index contributed by atoms with van der Waals surface area (Å²) in [6.45, 7) is 2.90. The van der Waals surface area contributed by atoms with Crippen LogP contribution in [-0.2, 0) is 9.59 Å². The Balaban J connectivity index is 1.73. The summed E-state index contributed by atoms with van der Waals surface area (Å²) in [7, 11) is 0. The van der Waals surface area contributed by atoms with Crippen molar-refractivity contribution in [1.82, 2.24) is 16.2 Å². The molecule has 1 heterocycles. The van der Waals surface area contributed by atoms with Gasteiger partial charge in [-0.05, 0) is 30.8 Å². The van der Waals surface area contributed by atoms with Crippen molar-refractivity contribution in [3.63, 3.8) is 0 Å². The van der Waals surface area contributed by atoms with Crippen LogP contribution in [0.5, 0.6) is 0 Å². The molecule has 1 aromatic carbocycles. The second-order valence-electron chi connectivity index (χ2n) is 5.43. The largest absolute Gasteiger partial charge is 0.361 e. The molecule has 0 radical (unpaired) electrons. The first kappa shape index (κ1) is 18.5. The van der Waals surface area contributed by atoms with Crippen LogP contribution in [0.1, 0.15) is 32.6 Å². The third-order valence-electron chi connectivity index (χ3n) is 3.46. The van der Waals surface area contributed by atoms with Gasteiger partial charge in [0.1, 0.15) is 0 Å². The number of benzene rings is 1. The number of hydrogen-bond donors (Lipinski definition) is 4. The SMILES string of the molecule is CCCCCNC(=S)NNC(=O)C[C@H]1Sc2ccccc2NC1=O. The van der Waals surface area contributed by atoms with Crippen LogP contribution in [0.4, 0.5) is 5.69 Å². The van der Waals surface area contributed by atoms with Gasteiger partial charge in [-0.25, -0.2) is 0 Å². The van der Waals surface area contributed by atoms with E-state index in [0.29, 0.717) is 5.11 Å². The fourth-order valence-electron chi connectivity index (χ4n) is 2.19. The Morgan fingerprint density at radius 1 is 1.29 bits per heavy atom. The van der Waals surface area contributed by atoms with Gasteiger partial charge >= 0.3 is 0 Å². The lowest BCUT2D eigenvalue weighted by atomic mass is 10.2. The molecule has 24 heavy (non-hydrogen) atoms. The van der Waals surface area contributed by atoms with Crippen molar-refractivity contribution in [2.45, 2.75) is 42.8 Å². The summed E-state index contributed by atoms with van der Waals surface area (Å²) in [5.74, 6) is -0.436. The quantitative estimate of drug-likeness (QED) is 0.351. The average Bonchev–Trinajstić information content (AvgIpc) is 2.57. The Hall–Kier alpha value is -1.80. The molecule has 1 aromatic rings. The lowest BCUT2D eigenvalue weighted by molar-refractivity contribution is -0.124. The van der Waals surface area contributed by atoms with Gasteiger partial charge in [0.15, 0.2) is 5.11 Å². The molecule has 1 atom stereocenters. The summed E-state index contributed by atoms with van der Waals surface area (Å²) in [6, 6.07) is 7.55. The Kier molecular flexibility index (Phi) is 7.33. The van der Waals surface area contributed by atoms with Gasteiger partial charge in [0.25, 0.3) is 0 Å². The summed E-state index contributed by atoms with van der Waals surface area (Å²) in [4.78, 5) is 25.0. The number of hydrazine groups is 1. The van der Waals surface area contributed by atoms with Crippen molar-refractivity contribution < 1.29 is 9.59 Å². The average molecular weight is 367 g/mol. The minimum atomic E-state index is -0.451. The van der Waals surface area contributed by atoms with Crippen LogP contribution >= 0.6 is 24.0 Å². The summed E-state index contributed by atoms with van der Waals surface area (Å²) in [6.07, 6.45) is 3.39. The lowest BCUT2D eigenvalue weighted by Gasteiger charge is -2.23. The molecule has 4 N–H and O–H groups in total. The van der Waals surface area contributed by atoms with E-state index in [1.165, 1.54) is 11.8 Å². The smallest absolute Gasteiger partial charge is 0.240 e. The van der Waals surface area contributed by atoms with Gasteiger partial charge in [0, 0.05) is 17.9 Å². The topological polar surface area (TPSA) is 82.3 Å². The molecule has 0 unspecified atom stereocenters. The van der Waals surface area contributed by atoms with Crippen molar-refractivity contribution >= 4 is 46.6 Å². The highest BCUT2D eigenvalue weighted by Gasteiger charge is 2.28. The molecule has 2 rings (SSSR count). The van der Waals surface area contributed by atoms with E-state index >= 15 is 0 Å². The van der Waals surface area contributed by atoms with Gasteiger partial charge in [-0.1, -0.05) is 31.9 Å². The van der Waals surface area contributed by atoms with E-state index in [0.717, 1.165) is 36.4 Å². The number of carbonyl (C=O) groups excluding carboxylic acids is 2. The highest BCUT2D eigenvalue weighted by atomic mass is 32.2. The maximum atomic E-state index is 12.1. The highest BCUT2D eigenvalue weighted by molar-refractivity contribution is 8.01. The predicted molar refractivity (Wildman–Crippen MR) is 101 cm³/mol. The first-order valence-electron chi connectivity index (χ1n) is 7.99. The van der Waals surface area contributed by atoms with E-state index < -0.39 is 5.25 Å². The lowest BCUT2D eigenvalue weighted by Crippen LogP contribution is -2.48. The number of amides is 2. The highest BCUT2D eigenvalue weighted by Crippen LogP contribution is 2.36. The molecular formula is C16H22N4O2S2. The molecule has 1 aliphatic heterocycles. The van der Waals surface area contributed by atoms with Crippen molar-refractivity contribution in [2.75, 3.05) is 11.9 Å². The zero-order chi connectivity index (χ0) is 17.4. The minimum absolute atomic E-state index is 0.0796. The third-order valence-corrected chi connectivity index (χ3v) is 4.98. The standard InChI is InChI=1S/C16H22N4O2S2/c1-2-3-6-9-17-16(23)20-19-14(21)10-13-15(22)18-11-7-4-5-8-12(11)24-13/h4-5,7-8,13H,2-3,6,9-10H2,1H3,(H,18,22)(H,19,21)(H2,17,20,23)/t13-/m1/s1. The summed E-state index contributed by atoms with van der Waals surface area (Å²) in [5, 5.41) is 5.77. The fraction of sp³-hybridized carbons (Fsp3) is 0.438. The second-order valence-corrected chi connectivity index (χ2v) is 7.09. The molecule has 1 aliphatic rings. The first-order chi connectivity index (χ1) is 11.6. The molecule has 2 amide bonds. The number of carbonyl (C=O) groups is 2. The summed E-state index contributed by atoms with van der Waals surface area (Å²) in [5.41, 5.74) is 5.98. The summed E-state index contributed by atoms with van der Waals surface area (Å²) < 4.78 is 0. The van der Waals surface area contributed by atoms with Crippen LogP contribution in [0.3, 0.4) is 0 Å². The molecule has 8 heteroatoms. The molecule has 6 nitrogen and oxygen atoms in total. The van der Waals surface area contributed by atoms with Crippen LogP contribution < -0.4 is 21.5 Å². The van der Waals surface area contributed by atoms with Gasteiger partial charge in [0.2, 0.25) is 11.8 Å². The number of anilines is 1. The molecule has 0 spiro atoms. The van der Waals surface area contributed by atoms with E-state index in [4.69, 9.17) is 12.2 Å². The Morgan fingerprint density at radius 3 is 2.88 bits per heavy atom. The van der Waals surface area contributed by atoms with E-state index in [-0.39, 0.29) is 18.2 Å². The predicted octanol–water partition coefficient (Wildman–Crippen LogP) is 2.17. The number of rotatable bonds is 6. The monoisotopic (exact) mass is 366 g/mol. The molecule has 0 aromatic heterocycles. The normalized spacial score (nSPS) is 15.9. The van der Waals surface area contributed by atoms with Crippen molar-refractivity contribution in [1.29, 1.82) is 0 Å². The maximum absolute atomic E-state index is 12.1. The van der Waals surface area contributed by atoms with Crippen molar-refractivity contribution in [3.8, 4) is 0 Å². The van der Waals surface area contributed by atoms with E-state index in [1.807, 2.05) is 24.3 Å². The number of nitrogens with one attached hydrogen (secondary N) is 4. The molecular weight excluding hydrogens is 344 g/mol. The molecule has 0 bridgehead atoms. The number of thiocarbonyl (C=S) groups is 1. The number of fused-ring (bicyclic) bond motifs is 1. The van der Waals surface area contributed by atoms with Crippen LogP contribution in [0.15, 0.2) is 29.2 Å². The van der Waals surface area contributed by atoms with Crippen LogP contribution in [-0.4, -0.2) is 28.7 Å². The number of thioether (sulfide) groups is 1. The number of unbranched alkanes of at least 4 members (excludes halogenated alkanes) is 2. The summed E-state index contributed by atoms with van der Waals surface area (Å²) >= 11 is 6.48. The van der Waals surface area contributed by atoms with Crippen LogP contribution in [0.25, 0.3) is 0 Å². The Labute approximate surface area is 151 Å². The van der Waals surface area contributed by atoms with Gasteiger partial charge in [-0.15, -0.1) is 11.8 Å². The first-order valence-corrected chi connectivity index (χ1v) is 9.28. The van der Waals surface area contributed by atoms with Gasteiger partial charge in [-0.2, -0.15) is 0 Å². The molecule has 0 aliphatic carbocycles. The third kappa shape index (κ3) is 5.68. The Morgan fingerprint density at radius 2 is 2.08 bits per heavy atom. The molecule has 0 saturated carbocycles. The zero-order valence-electron chi connectivity index (χ0n) is 13.6. The van der Waals surface area contributed by atoms with Gasteiger partial charge in [0.05, 0.1) is 10.9 Å². The van der Waals surface area contributed by atoms with Crippen molar-refractivity contribution in [3.05, 3.63) is 24.3 Å². The van der Waals surface area contributed by atoms with Gasteiger partial charge in [-0.3, -0.25) is 20.4 Å². The van der Waals surface area contributed by atoms with E-state index in [2.05, 4.69) is 28.4 Å². The minimum Gasteiger partial charge on any atom is -0.361 e. The van der Waals surface area contributed by atoms with Crippen LogP contribution in [0.2, 0.25) is 0 Å². The Bertz CT molecular complexity index is 609. The molecule has 0 saturated heterocycles.